The van der Waals surface area contributed by atoms with Crippen molar-refractivity contribution in [1.29, 1.82) is 5.26 Å². The fraction of sp³-hybridized carbons (Fsp3) is 0.467. The van der Waals surface area contributed by atoms with Crippen LogP contribution in [0.4, 0.5) is 5.69 Å². The molecule has 5 nitrogen and oxygen atoms in total. The van der Waals surface area contributed by atoms with Gasteiger partial charge in [-0.15, -0.1) is 0 Å². The zero-order valence-electron chi connectivity index (χ0n) is 11.6. The molecule has 1 saturated heterocycles. The van der Waals surface area contributed by atoms with E-state index in [0.717, 1.165) is 6.42 Å². The van der Waals surface area contributed by atoms with Crippen LogP contribution in [0.3, 0.4) is 0 Å². The van der Waals surface area contributed by atoms with Crippen molar-refractivity contribution in [2.24, 2.45) is 0 Å². The number of amides is 1. The lowest BCUT2D eigenvalue weighted by Gasteiger charge is -2.46. The minimum atomic E-state index is -0.552. The molecule has 0 saturated carbocycles. The van der Waals surface area contributed by atoms with Gasteiger partial charge in [-0.05, 0) is 30.7 Å². The van der Waals surface area contributed by atoms with Crippen LogP contribution in [0.2, 0.25) is 0 Å². The number of β-amino-alcohol motifs (C(OH)–C–C–N with tert-alkyl or cyclic N) is 1. The number of hydrogen-bond donors (Lipinski definition) is 2. The Balaban J connectivity index is 1.72. The number of rotatable bonds is 5. The molecular weight excluding hydrogens is 254 g/mol. The summed E-state index contributed by atoms with van der Waals surface area (Å²) in [4.78, 5) is 13.8. The average molecular weight is 273 g/mol. The minimum absolute atomic E-state index is 0.0540. The molecule has 0 radical (unpaired) electrons. The Bertz CT molecular complexity index is 513. The molecule has 1 heterocycles. The lowest BCUT2D eigenvalue weighted by atomic mass is 9.91. The maximum atomic E-state index is 11.8. The first-order valence-corrected chi connectivity index (χ1v) is 6.79. The van der Waals surface area contributed by atoms with Crippen molar-refractivity contribution in [3.05, 3.63) is 29.8 Å². The maximum absolute atomic E-state index is 11.8. The second kappa shape index (κ2) is 6.04. The Labute approximate surface area is 118 Å². The first-order valence-electron chi connectivity index (χ1n) is 6.79. The zero-order valence-corrected chi connectivity index (χ0v) is 11.6. The quantitative estimate of drug-likeness (QED) is 0.849. The van der Waals surface area contributed by atoms with Gasteiger partial charge in [0.1, 0.15) is 0 Å². The van der Waals surface area contributed by atoms with Crippen LogP contribution in [0.5, 0.6) is 0 Å². The summed E-state index contributed by atoms with van der Waals surface area (Å²) in [5.74, 6) is -0.0540. The second-order valence-electron chi connectivity index (χ2n) is 5.28. The number of benzene rings is 1. The van der Waals surface area contributed by atoms with Gasteiger partial charge in [0.05, 0.1) is 17.2 Å². The summed E-state index contributed by atoms with van der Waals surface area (Å²) in [7, 11) is 0. The van der Waals surface area contributed by atoms with E-state index in [1.807, 2.05) is 13.0 Å². The third kappa shape index (κ3) is 3.56. The topological polar surface area (TPSA) is 76.4 Å². The van der Waals surface area contributed by atoms with Crippen molar-refractivity contribution < 1.29 is 9.90 Å². The van der Waals surface area contributed by atoms with Crippen LogP contribution in [0.25, 0.3) is 0 Å². The first-order chi connectivity index (χ1) is 9.54. The largest absolute Gasteiger partial charge is 0.387 e. The fourth-order valence-corrected chi connectivity index (χ4v) is 2.28. The molecule has 0 atom stereocenters. The number of carbonyl (C=O) groups is 1. The molecule has 1 aromatic rings. The number of nitrogens with one attached hydrogen (secondary N) is 1. The molecule has 1 aliphatic heterocycles. The second-order valence-corrected chi connectivity index (χ2v) is 5.28. The van der Waals surface area contributed by atoms with Gasteiger partial charge in [0.2, 0.25) is 5.91 Å². The van der Waals surface area contributed by atoms with Crippen LogP contribution in [0.1, 0.15) is 25.3 Å². The molecule has 106 valence electrons. The van der Waals surface area contributed by atoms with E-state index in [9.17, 15) is 9.90 Å². The van der Waals surface area contributed by atoms with E-state index in [1.54, 1.807) is 24.3 Å². The van der Waals surface area contributed by atoms with E-state index in [0.29, 0.717) is 37.3 Å². The highest BCUT2D eigenvalue weighted by Gasteiger charge is 2.38. The van der Waals surface area contributed by atoms with E-state index in [2.05, 4.69) is 10.2 Å². The number of hydrogen-bond acceptors (Lipinski definition) is 4. The Morgan fingerprint density at radius 3 is 2.65 bits per heavy atom. The van der Waals surface area contributed by atoms with Gasteiger partial charge in [0.15, 0.2) is 0 Å². The number of carbonyl (C=O) groups excluding carboxylic acids is 1. The summed E-state index contributed by atoms with van der Waals surface area (Å²) in [5, 5.41) is 21.4. The van der Waals surface area contributed by atoms with Crippen molar-refractivity contribution in [3.63, 3.8) is 0 Å². The summed E-state index contributed by atoms with van der Waals surface area (Å²) in [5.41, 5.74) is 0.717. The summed E-state index contributed by atoms with van der Waals surface area (Å²) < 4.78 is 0. The summed E-state index contributed by atoms with van der Waals surface area (Å²) >= 11 is 0. The molecule has 20 heavy (non-hydrogen) atoms. The smallest absolute Gasteiger partial charge is 0.225 e. The highest BCUT2D eigenvalue weighted by Crippen LogP contribution is 2.23. The molecule has 0 bridgehead atoms. The van der Waals surface area contributed by atoms with Crippen LogP contribution in [0.15, 0.2) is 24.3 Å². The standard InChI is InChI=1S/C15H19N3O2/c1-2-15(20)10-18(11-15)8-7-14(19)17-13-5-3-12(9-16)4-6-13/h3-6,20H,2,7-8,10-11H2,1H3,(H,17,19). The average Bonchev–Trinajstić information content (AvgIpc) is 2.43. The van der Waals surface area contributed by atoms with Crippen molar-refractivity contribution >= 4 is 11.6 Å². The van der Waals surface area contributed by atoms with Crippen molar-refractivity contribution in [1.82, 2.24) is 4.90 Å². The molecule has 1 amide bonds. The Kier molecular flexibility index (Phi) is 4.38. The highest BCUT2D eigenvalue weighted by molar-refractivity contribution is 5.90. The third-order valence-corrected chi connectivity index (χ3v) is 3.65. The molecule has 1 fully saturated rings. The van der Waals surface area contributed by atoms with Gasteiger partial charge >= 0.3 is 0 Å². The van der Waals surface area contributed by atoms with Crippen LogP contribution < -0.4 is 5.32 Å². The third-order valence-electron chi connectivity index (χ3n) is 3.65. The van der Waals surface area contributed by atoms with Crippen LogP contribution in [-0.2, 0) is 4.79 Å². The predicted molar refractivity (Wildman–Crippen MR) is 76.1 cm³/mol. The summed E-state index contributed by atoms with van der Waals surface area (Å²) in [6, 6.07) is 8.82. The number of nitriles is 1. The molecular formula is C15H19N3O2. The summed E-state index contributed by atoms with van der Waals surface area (Å²) in [6.07, 6.45) is 1.15. The number of nitrogens with zero attached hydrogens (tertiary/aromatic N) is 2. The number of aliphatic hydroxyl groups is 1. The zero-order chi connectivity index (χ0) is 14.6. The van der Waals surface area contributed by atoms with E-state index in [1.165, 1.54) is 0 Å². The van der Waals surface area contributed by atoms with Crippen LogP contribution >= 0.6 is 0 Å². The van der Waals surface area contributed by atoms with Crippen molar-refractivity contribution in [2.75, 3.05) is 25.0 Å². The SMILES string of the molecule is CCC1(O)CN(CCC(=O)Nc2ccc(C#N)cc2)C1. The maximum Gasteiger partial charge on any atom is 0.225 e. The Hall–Kier alpha value is -1.90. The molecule has 0 aromatic heterocycles. The van der Waals surface area contributed by atoms with Gasteiger partial charge in [0, 0.05) is 31.7 Å². The van der Waals surface area contributed by atoms with Gasteiger partial charge in [-0.1, -0.05) is 6.92 Å². The highest BCUT2D eigenvalue weighted by atomic mass is 16.3. The number of likely N-dealkylation sites (tertiary alicyclic amines) is 1. The van der Waals surface area contributed by atoms with Crippen LogP contribution in [0, 0.1) is 11.3 Å². The first kappa shape index (κ1) is 14.5. The Morgan fingerprint density at radius 2 is 2.10 bits per heavy atom. The lowest BCUT2D eigenvalue weighted by molar-refractivity contribution is -0.121. The van der Waals surface area contributed by atoms with Gasteiger partial charge in [-0.25, -0.2) is 0 Å². The molecule has 0 aliphatic carbocycles. The normalized spacial score (nSPS) is 17.1. The fourth-order valence-electron chi connectivity index (χ4n) is 2.28. The molecule has 0 spiro atoms. The van der Waals surface area contributed by atoms with Crippen molar-refractivity contribution in [2.45, 2.75) is 25.4 Å². The molecule has 1 aliphatic rings. The van der Waals surface area contributed by atoms with Crippen LogP contribution in [-0.4, -0.2) is 41.1 Å². The molecule has 1 aromatic carbocycles. The van der Waals surface area contributed by atoms with E-state index in [4.69, 9.17) is 5.26 Å². The molecule has 2 N–H and O–H groups in total. The minimum Gasteiger partial charge on any atom is -0.387 e. The van der Waals surface area contributed by atoms with Gasteiger partial charge in [0.25, 0.3) is 0 Å². The van der Waals surface area contributed by atoms with Gasteiger partial charge in [-0.3, -0.25) is 9.69 Å². The molecule has 2 rings (SSSR count). The number of anilines is 1. The van der Waals surface area contributed by atoms with E-state index < -0.39 is 5.60 Å². The Morgan fingerprint density at radius 1 is 1.45 bits per heavy atom. The van der Waals surface area contributed by atoms with Gasteiger partial charge in [-0.2, -0.15) is 5.26 Å². The lowest BCUT2D eigenvalue weighted by Crippen LogP contribution is -2.61. The van der Waals surface area contributed by atoms with E-state index >= 15 is 0 Å². The molecule has 0 unspecified atom stereocenters. The molecule has 5 heteroatoms. The monoisotopic (exact) mass is 273 g/mol. The van der Waals surface area contributed by atoms with E-state index in [-0.39, 0.29) is 5.91 Å². The predicted octanol–water partition coefficient (Wildman–Crippen LogP) is 1.34. The van der Waals surface area contributed by atoms with Crippen molar-refractivity contribution in [3.8, 4) is 6.07 Å². The summed E-state index contributed by atoms with van der Waals surface area (Å²) in [6.45, 7) is 3.92. The van der Waals surface area contributed by atoms with Gasteiger partial charge < -0.3 is 10.4 Å².